The Balaban J connectivity index is 2.51. The lowest BCUT2D eigenvalue weighted by Gasteiger charge is -2.32. The topological polar surface area (TPSA) is 157 Å². The van der Waals surface area contributed by atoms with Gasteiger partial charge in [-0.1, -0.05) is 19.3 Å². The Labute approximate surface area is 124 Å². The summed E-state index contributed by atoms with van der Waals surface area (Å²) in [5, 5.41) is 11.7. The third-order valence-corrected chi connectivity index (χ3v) is 3.75. The van der Waals surface area contributed by atoms with Crippen molar-refractivity contribution in [2.75, 3.05) is 6.54 Å². The van der Waals surface area contributed by atoms with Crippen LogP contribution >= 0.6 is 0 Å². The molecule has 0 radical (unpaired) electrons. The van der Waals surface area contributed by atoms with E-state index in [9.17, 15) is 14.7 Å². The van der Waals surface area contributed by atoms with Crippen LogP contribution in [0.25, 0.3) is 0 Å². The van der Waals surface area contributed by atoms with Crippen molar-refractivity contribution in [3.63, 3.8) is 0 Å². The maximum Gasteiger partial charge on any atom is 0.326 e. The number of carboxylic acids is 1. The number of rotatable bonds is 7. The number of guanidine groups is 1. The minimum atomic E-state index is -1.08. The van der Waals surface area contributed by atoms with E-state index in [-0.39, 0.29) is 18.3 Å². The van der Waals surface area contributed by atoms with Crippen LogP contribution in [0.15, 0.2) is 4.99 Å². The Morgan fingerprint density at radius 3 is 2.38 bits per heavy atom. The van der Waals surface area contributed by atoms with E-state index in [1.165, 1.54) is 0 Å². The molecule has 0 aromatic heterocycles. The van der Waals surface area contributed by atoms with Crippen molar-refractivity contribution in [2.24, 2.45) is 22.2 Å². The van der Waals surface area contributed by atoms with Gasteiger partial charge in [-0.2, -0.15) is 0 Å². The van der Waals surface area contributed by atoms with Crippen LogP contribution in [0.5, 0.6) is 0 Å². The van der Waals surface area contributed by atoms with Gasteiger partial charge in [0.2, 0.25) is 5.91 Å². The molecule has 1 rings (SSSR count). The molecule has 1 aliphatic rings. The average Bonchev–Trinajstić information content (AvgIpc) is 2.42. The number of carboxylic acid groups (broad SMARTS) is 1. The van der Waals surface area contributed by atoms with Gasteiger partial charge in [-0.15, -0.1) is 0 Å². The van der Waals surface area contributed by atoms with Crippen LogP contribution in [0.1, 0.15) is 44.9 Å². The van der Waals surface area contributed by atoms with Crippen LogP contribution in [0.4, 0.5) is 0 Å². The van der Waals surface area contributed by atoms with Crippen LogP contribution in [0.2, 0.25) is 0 Å². The predicted octanol–water partition coefficient (Wildman–Crippen LogP) is -0.729. The van der Waals surface area contributed by atoms with Gasteiger partial charge in [-0.3, -0.25) is 9.79 Å². The molecule has 0 aliphatic heterocycles. The van der Waals surface area contributed by atoms with E-state index in [0.717, 1.165) is 19.3 Å². The van der Waals surface area contributed by atoms with Gasteiger partial charge in [-0.05, 0) is 25.7 Å². The zero-order chi connectivity index (χ0) is 15.9. The number of nitrogens with zero attached hydrogens (tertiary/aromatic N) is 1. The molecule has 0 bridgehead atoms. The molecule has 1 amide bonds. The Hall–Kier alpha value is -1.83. The molecule has 0 aromatic rings. The number of amides is 1. The molecule has 0 saturated heterocycles. The van der Waals surface area contributed by atoms with Crippen molar-refractivity contribution in [2.45, 2.75) is 56.5 Å². The summed E-state index contributed by atoms with van der Waals surface area (Å²) < 4.78 is 0. The maximum absolute atomic E-state index is 12.2. The zero-order valence-corrected chi connectivity index (χ0v) is 12.2. The van der Waals surface area contributed by atoms with E-state index in [4.69, 9.17) is 17.2 Å². The molecular weight excluding hydrogens is 274 g/mol. The van der Waals surface area contributed by atoms with Gasteiger partial charge in [-0.25, -0.2) is 4.79 Å². The summed E-state index contributed by atoms with van der Waals surface area (Å²) >= 11 is 0. The average molecular weight is 299 g/mol. The highest BCUT2D eigenvalue weighted by Crippen LogP contribution is 2.26. The fourth-order valence-corrected chi connectivity index (χ4v) is 2.47. The molecule has 8 heteroatoms. The van der Waals surface area contributed by atoms with E-state index in [0.29, 0.717) is 25.8 Å². The van der Waals surface area contributed by atoms with Gasteiger partial charge in [0, 0.05) is 6.54 Å². The van der Waals surface area contributed by atoms with E-state index >= 15 is 0 Å². The van der Waals surface area contributed by atoms with Crippen molar-refractivity contribution in [1.82, 2.24) is 5.32 Å². The molecule has 1 unspecified atom stereocenters. The third-order valence-electron chi connectivity index (χ3n) is 3.75. The molecule has 120 valence electrons. The molecule has 0 heterocycles. The minimum Gasteiger partial charge on any atom is -0.480 e. The monoisotopic (exact) mass is 299 g/mol. The minimum absolute atomic E-state index is 0.0333. The van der Waals surface area contributed by atoms with E-state index in [2.05, 4.69) is 10.3 Å². The summed E-state index contributed by atoms with van der Waals surface area (Å²) in [6, 6.07) is -0.964. The number of nitrogens with two attached hydrogens (primary N) is 3. The third kappa shape index (κ3) is 5.58. The normalized spacial score (nSPS) is 18.5. The van der Waals surface area contributed by atoms with Gasteiger partial charge in [0.25, 0.3) is 0 Å². The van der Waals surface area contributed by atoms with Crippen molar-refractivity contribution >= 4 is 17.8 Å². The van der Waals surface area contributed by atoms with Gasteiger partial charge in [0.05, 0.1) is 5.54 Å². The SMILES string of the molecule is NC(N)=NCCCC(NC(=O)C1(N)CCCCC1)C(=O)O. The summed E-state index contributed by atoms with van der Waals surface area (Å²) in [5.41, 5.74) is 15.5. The molecule has 1 fully saturated rings. The van der Waals surface area contributed by atoms with Crippen molar-refractivity contribution in [1.29, 1.82) is 0 Å². The summed E-state index contributed by atoms with van der Waals surface area (Å²) in [4.78, 5) is 27.2. The number of hydrogen-bond donors (Lipinski definition) is 5. The maximum atomic E-state index is 12.2. The highest BCUT2D eigenvalue weighted by atomic mass is 16.4. The van der Waals surface area contributed by atoms with E-state index in [1.807, 2.05) is 0 Å². The fraction of sp³-hybridized carbons (Fsp3) is 0.769. The van der Waals surface area contributed by atoms with E-state index in [1.54, 1.807) is 0 Å². The second-order valence-corrected chi connectivity index (χ2v) is 5.53. The number of carbonyl (C=O) groups is 2. The molecule has 0 aromatic carbocycles. The number of hydrogen-bond acceptors (Lipinski definition) is 4. The van der Waals surface area contributed by atoms with Gasteiger partial charge in [0.15, 0.2) is 5.96 Å². The van der Waals surface area contributed by atoms with Crippen LogP contribution in [0.3, 0.4) is 0 Å². The highest BCUT2D eigenvalue weighted by Gasteiger charge is 2.37. The molecule has 1 aliphatic carbocycles. The largest absolute Gasteiger partial charge is 0.480 e. The number of carbonyl (C=O) groups excluding carboxylic acids is 1. The Morgan fingerprint density at radius 2 is 1.86 bits per heavy atom. The molecule has 8 nitrogen and oxygen atoms in total. The number of aliphatic carboxylic acids is 1. The first-order valence-electron chi connectivity index (χ1n) is 7.23. The summed E-state index contributed by atoms with van der Waals surface area (Å²) in [5.74, 6) is -1.49. The molecule has 8 N–H and O–H groups in total. The van der Waals surface area contributed by atoms with E-state index < -0.39 is 17.6 Å². The highest BCUT2D eigenvalue weighted by molar-refractivity contribution is 5.90. The Kier molecular flexibility index (Phi) is 6.41. The summed E-state index contributed by atoms with van der Waals surface area (Å²) in [6.07, 6.45) is 4.77. The summed E-state index contributed by atoms with van der Waals surface area (Å²) in [6.45, 7) is 0.329. The van der Waals surface area contributed by atoms with Crippen molar-refractivity contribution in [3.8, 4) is 0 Å². The van der Waals surface area contributed by atoms with Crippen LogP contribution in [-0.2, 0) is 9.59 Å². The standard InChI is InChI=1S/C13H25N5O3/c14-12(15)17-8-4-5-9(10(19)20)18-11(21)13(16)6-2-1-3-7-13/h9H,1-8,16H2,(H,18,21)(H,19,20)(H4,14,15,17). The second-order valence-electron chi connectivity index (χ2n) is 5.53. The zero-order valence-electron chi connectivity index (χ0n) is 12.2. The smallest absolute Gasteiger partial charge is 0.326 e. The molecule has 1 atom stereocenters. The van der Waals surface area contributed by atoms with Crippen LogP contribution in [-0.4, -0.2) is 41.1 Å². The van der Waals surface area contributed by atoms with Crippen LogP contribution < -0.4 is 22.5 Å². The Bertz CT molecular complexity index is 401. The summed E-state index contributed by atoms with van der Waals surface area (Å²) in [7, 11) is 0. The lowest BCUT2D eigenvalue weighted by atomic mass is 9.81. The van der Waals surface area contributed by atoms with Gasteiger partial charge < -0.3 is 27.6 Å². The lowest BCUT2D eigenvalue weighted by molar-refractivity contribution is -0.143. The fourth-order valence-electron chi connectivity index (χ4n) is 2.47. The molecule has 21 heavy (non-hydrogen) atoms. The molecular formula is C13H25N5O3. The van der Waals surface area contributed by atoms with Crippen LogP contribution in [0, 0.1) is 0 Å². The Morgan fingerprint density at radius 1 is 1.24 bits per heavy atom. The van der Waals surface area contributed by atoms with Crippen molar-refractivity contribution in [3.05, 3.63) is 0 Å². The predicted molar refractivity (Wildman–Crippen MR) is 79.5 cm³/mol. The number of aliphatic imine (C=N–C) groups is 1. The van der Waals surface area contributed by atoms with Crippen molar-refractivity contribution < 1.29 is 14.7 Å². The molecule has 1 saturated carbocycles. The first-order chi connectivity index (χ1) is 9.85. The second kappa shape index (κ2) is 7.82. The first-order valence-corrected chi connectivity index (χ1v) is 7.23. The molecule has 0 spiro atoms. The van der Waals surface area contributed by atoms with Gasteiger partial charge in [0.1, 0.15) is 6.04 Å². The quantitative estimate of drug-likeness (QED) is 0.237. The lowest BCUT2D eigenvalue weighted by Crippen LogP contribution is -2.58. The van der Waals surface area contributed by atoms with Gasteiger partial charge >= 0.3 is 5.97 Å². The number of nitrogens with one attached hydrogen (secondary N) is 1. The first kappa shape index (κ1) is 17.2.